The minimum atomic E-state index is -0.265. The van der Waals surface area contributed by atoms with Crippen molar-refractivity contribution in [3.05, 3.63) is 72.1 Å². The fraction of sp³-hybridized carbons (Fsp3) is 0.346. The van der Waals surface area contributed by atoms with Gasteiger partial charge in [-0.3, -0.25) is 14.4 Å². The van der Waals surface area contributed by atoms with E-state index >= 15 is 0 Å². The van der Waals surface area contributed by atoms with Gasteiger partial charge < -0.3 is 9.80 Å². The van der Waals surface area contributed by atoms with Crippen LogP contribution in [0.3, 0.4) is 0 Å². The molecule has 2 aliphatic carbocycles. The highest BCUT2D eigenvalue weighted by molar-refractivity contribution is 6.23. The van der Waals surface area contributed by atoms with Gasteiger partial charge in [-0.2, -0.15) is 0 Å². The molecule has 2 heterocycles. The molecule has 2 aromatic rings. The van der Waals surface area contributed by atoms with E-state index in [4.69, 9.17) is 0 Å². The van der Waals surface area contributed by atoms with Gasteiger partial charge in [0.05, 0.1) is 23.2 Å². The minimum absolute atomic E-state index is 0.147. The number of imide groups is 1. The van der Waals surface area contributed by atoms with E-state index in [9.17, 15) is 18.8 Å². The highest BCUT2D eigenvalue weighted by Crippen LogP contribution is 2.53. The molecule has 0 unspecified atom stereocenters. The molecule has 1 saturated carbocycles. The normalized spacial score (nSPS) is 28.1. The van der Waals surface area contributed by atoms with E-state index in [0.717, 1.165) is 6.42 Å². The summed E-state index contributed by atoms with van der Waals surface area (Å²) in [5.41, 5.74) is 1.46. The third kappa shape index (κ3) is 3.09. The molecule has 3 amide bonds. The van der Waals surface area contributed by atoms with E-state index < -0.39 is 0 Å². The molecule has 0 spiro atoms. The lowest BCUT2D eigenvalue weighted by Crippen LogP contribution is -2.49. The molecule has 33 heavy (non-hydrogen) atoms. The Morgan fingerprint density at radius 2 is 1.52 bits per heavy atom. The molecule has 2 bridgehead atoms. The molecule has 2 saturated heterocycles. The van der Waals surface area contributed by atoms with Crippen molar-refractivity contribution in [1.82, 2.24) is 4.90 Å². The molecule has 7 heteroatoms. The third-order valence-electron chi connectivity index (χ3n) is 7.58. The van der Waals surface area contributed by atoms with E-state index in [-0.39, 0.29) is 47.2 Å². The lowest BCUT2D eigenvalue weighted by atomic mass is 9.85. The van der Waals surface area contributed by atoms with Crippen molar-refractivity contribution in [1.29, 1.82) is 0 Å². The highest BCUT2D eigenvalue weighted by atomic mass is 19.1. The van der Waals surface area contributed by atoms with Crippen LogP contribution < -0.4 is 9.80 Å². The first-order valence-corrected chi connectivity index (χ1v) is 11.5. The monoisotopic (exact) mass is 445 g/mol. The van der Waals surface area contributed by atoms with Crippen LogP contribution in [-0.4, -0.2) is 48.8 Å². The van der Waals surface area contributed by atoms with Crippen LogP contribution >= 0.6 is 0 Å². The standard InChI is InChI=1S/C26H24FN3O3/c27-20-6-1-2-7-21(20)28-10-12-29(13-11-28)24(31)18-4-3-5-19(15-18)30-25(32)22-16-8-9-17(14-16)23(22)26(30)33/h1-9,15-17,22-23H,10-14H2/t16-,17-,22+,23+/m0/s1. The largest absolute Gasteiger partial charge is 0.366 e. The third-order valence-corrected chi connectivity index (χ3v) is 7.58. The van der Waals surface area contributed by atoms with E-state index in [2.05, 4.69) is 12.2 Å². The Morgan fingerprint density at radius 3 is 2.18 bits per heavy atom. The number of rotatable bonds is 3. The molecule has 3 fully saturated rings. The summed E-state index contributed by atoms with van der Waals surface area (Å²) in [6.45, 7) is 2.01. The molecule has 2 aromatic carbocycles. The maximum Gasteiger partial charge on any atom is 0.254 e. The number of carbonyl (C=O) groups excluding carboxylic acids is 3. The predicted molar refractivity (Wildman–Crippen MR) is 121 cm³/mol. The van der Waals surface area contributed by atoms with Gasteiger partial charge in [0.1, 0.15) is 5.82 Å². The Bertz CT molecular complexity index is 1160. The van der Waals surface area contributed by atoms with Crippen LogP contribution in [0.4, 0.5) is 15.8 Å². The molecule has 2 aliphatic heterocycles. The molecule has 168 valence electrons. The number of benzene rings is 2. The Kier molecular flexibility index (Phi) is 4.60. The number of amides is 3. The second-order valence-corrected chi connectivity index (χ2v) is 9.29. The van der Waals surface area contributed by atoms with Crippen molar-refractivity contribution in [2.45, 2.75) is 6.42 Å². The number of fused-ring (bicyclic) bond motifs is 5. The Morgan fingerprint density at radius 1 is 0.848 bits per heavy atom. The van der Waals surface area contributed by atoms with Crippen LogP contribution in [0.5, 0.6) is 0 Å². The quantitative estimate of drug-likeness (QED) is 0.538. The molecule has 6 nitrogen and oxygen atoms in total. The van der Waals surface area contributed by atoms with E-state index in [0.29, 0.717) is 43.1 Å². The Labute approximate surface area is 191 Å². The summed E-state index contributed by atoms with van der Waals surface area (Å²) in [4.78, 5) is 44.4. The number of hydrogen-bond donors (Lipinski definition) is 0. The van der Waals surface area contributed by atoms with Crippen molar-refractivity contribution in [3.8, 4) is 0 Å². The van der Waals surface area contributed by atoms with Gasteiger partial charge >= 0.3 is 0 Å². The topological polar surface area (TPSA) is 60.9 Å². The summed E-state index contributed by atoms with van der Waals surface area (Å²) in [7, 11) is 0. The predicted octanol–water partition coefficient (Wildman–Crippen LogP) is 3.10. The number of piperazine rings is 1. The van der Waals surface area contributed by atoms with Crippen molar-refractivity contribution in [2.75, 3.05) is 36.0 Å². The first-order chi connectivity index (χ1) is 16.0. The van der Waals surface area contributed by atoms with Gasteiger partial charge in [-0.25, -0.2) is 9.29 Å². The molecule has 0 N–H and O–H groups in total. The second-order valence-electron chi connectivity index (χ2n) is 9.29. The van der Waals surface area contributed by atoms with Crippen LogP contribution in [0.25, 0.3) is 0 Å². The summed E-state index contributed by atoms with van der Waals surface area (Å²) < 4.78 is 14.1. The summed E-state index contributed by atoms with van der Waals surface area (Å²) >= 11 is 0. The fourth-order valence-corrected chi connectivity index (χ4v) is 5.98. The smallest absolute Gasteiger partial charge is 0.254 e. The zero-order valence-corrected chi connectivity index (χ0v) is 18.1. The van der Waals surface area contributed by atoms with E-state index in [1.54, 1.807) is 47.4 Å². The maximum atomic E-state index is 14.1. The molecule has 6 rings (SSSR count). The summed E-state index contributed by atoms with van der Waals surface area (Å²) in [5.74, 6) is -0.940. The SMILES string of the molecule is O=C(c1cccc(N2C(=O)[C@H]3[C@H](C2=O)[C@H]2C=C[C@H]3C2)c1)N1CCN(c2ccccc2F)CC1. The molecule has 4 atom stereocenters. The average molecular weight is 445 g/mol. The van der Waals surface area contributed by atoms with Gasteiger partial charge in [0.2, 0.25) is 11.8 Å². The summed E-state index contributed by atoms with van der Waals surface area (Å²) in [6.07, 6.45) is 5.03. The number of anilines is 2. The minimum Gasteiger partial charge on any atom is -0.366 e. The zero-order chi connectivity index (χ0) is 22.7. The van der Waals surface area contributed by atoms with Crippen LogP contribution in [0, 0.1) is 29.5 Å². The number of para-hydroxylation sites is 1. The molecule has 0 radical (unpaired) electrons. The Balaban J connectivity index is 1.18. The summed E-state index contributed by atoms with van der Waals surface area (Å²) in [5, 5.41) is 0. The van der Waals surface area contributed by atoms with Gasteiger partial charge in [0.25, 0.3) is 5.91 Å². The van der Waals surface area contributed by atoms with Crippen LogP contribution in [-0.2, 0) is 9.59 Å². The molecule has 4 aliphatic rings. The van der Waals surface area contributed by atoms with Crippen LogP contribution in [0.15, 0.2) is 60.7 Å². The van der Waals surface area contributed by atoms with Gasteiger partial charge in [-0.05, 0) is 48.6 Å². The lowest BCUT2D eigenvalue weighted by molar-refractivity contribution is -0.123. The fourth-order valence-electron chi connectivity index (χ4n) is 5.98. The Hall–Kier alpha value is -3.48. The number of hydrogen-bond acceptors (Lipinski definition) is 4. The van der Waals surface area contributed by atoms with Crippen molar-refractivity contribution in [2.24, 2.45) is 23.7 Å². The molecular formula is C26H24FN3O3. The van der Waals surface area contributed by atoms with Gasteiger partial charge in [-0.15, -0.1) is 0 Å². The van der Waals surface area contributed by atoms with Crippen molar-refractivity contribution >= 4 is 29.1 Å². The summed E-state index contributed by atoms with van der Waals surface area (Å²) in [6, 6.07) is 13.5. The van der Waals surface area contributed by atoms with Gasteiger partial charge in [0.15, 0.2) is 0 Å². The van der Waals surface area contributed by atoms with Gasteiger partial charge in [-0.1, -0.05) is 30.4 Å². The van der Waals surface area contributed by atoms with E-state index in [1.807, 2.05) is 4.90 Å². The number of halogens is 1. The number of carbonyl (C=O) groups is 3. The zero-order valence-electron chi connectivity index (χ0n) is 18.1. The van der Waals surface area contributed by atoms with Gasteiger partial charge in [0, 0.05) is 31.7 Å². The van der Waals surface area contributed by atoms with Crippen LogP contribution in [0.2, 0.25) is 0 Å². The maximum absolute atomic E-state index is 14.1. The first kappa shape index (κ1) is 20.1. The van der Waals surface area contributed by atoms with E-state index in [1.165, 1.54) is 11.0 Å². The highest BCUT2D eigenvalue weighted by Gasteiger charge is 2.59. The van der Waals surface area contributed by atoms with Crippen molar-refractivity contribution < 1.29 is 18.8 Å². The molecular weight excluding hydrogens is 421 g/mol. The molecule has 0 aromatic heterocycles. The number of allylic oxidation sites excluding steroid dienone is 2. The second kappa shape index (κ2) is 7.54. The average Bonchev–Trinajstić information content (AvgIpc) is 3.53. The van der Waals surface area contributed by atoms with Crippen LogP contribution in [0.1, 0.15) is 16.8 Å². The first-order valence-electron chi connectivity index (χ1n) is 11.5. The van der Waals surface area contributed by atoms with Crippen molar-refractivity contribution in [3.63, 3.8) is 0 Å². The lowest BCUT2D eigenvalue weighted by Gasteiger charge is -2.36. The number of nitrogens with zero attached hydrogens (tertiary/aromatic N) is 3.